The lowest BCUT2D eigenvalue weighted by atomic mass is 10.2. The van der Waals surface area contributed by atoms with Gasteiger partial charge in [0.15, 0.2) is 0 Å². The van der Waals surface area contributed by atoms with Crippen LogP contribution in [0.2, 0.25) is 0 Å². The van der Waals surface area contributed by atoms with E-state index in [1.807, 2.05) is 0 Å². The predicted octanol–water partition coefficient (Wildman–Crippen LogP) is 0.0634. The molecular formula is C14H18N6O2. The van der Waals surface area contributed by atoms with Crippen LogP contribution in [0.4, 0.5) is 0 Å². The zero-order valence-electron chi connectivity index (χ0n) is 12.6. The largest absolute Gasteiger partial charge is 0.355 e. The first-order valence-electron chi connectivity index (χ1n) is 7.13. The second-order valence-electron chi connectivity index (χ2n) is 5.36. The summed E-state index contributed by atoms with van der Waals surface area (Å²) in [6, 6.07) is 1.80. The molecule has 0 aliphatic carbocycles. The van der Waals surface area contributed by atoms with Crippen LogP contribution in [0.1, 0.15) is 33.3 Å². The molecule has 0 aromatic carbocycles. The Labute approximate surface area is 127 Å². The van der Waals surface area contributed by atoms with Crippen molar-refractivity contribution in [2.75, 3.05) is 20.1 Å². The van der Waals surface area contributed by atoms with Crippen molar-refractivity contribution in [1.82, 2.24) is 29.8 Å². The summed E-state index contributed by atoms with van der Waals surface area (Å²) in [6.45, 7) is 1.24. The molecule has 1 aliphatic rings. The van der Waals surface area contributed by atoms with Gasteiger partial charge in [0, 0.05) is 39.6 Å². The maximum atomic E-state index is 12.4. The van der Waals surface area contributed by atoms with Crippen LogP contribution in [0.25, 0.3) is 0 Å². The molecule has 0 bridgehead atoms. The molecule has 22 heavy (non-hydrogen) atoms. The van der Waals surface area contributed by atoms with E-state index in [9.17, 15) is 9.59 Å². The summed E-state index contributed by atoms with van der Waals surface area (Å²) in [5, 5.41) is 10.9. The van der Waals surface area contributed by atoms with Crippen molar-refractivity contribution < 1.29 is 9.59 Å². The molecule has 1 aliphatic heterocycles. The van der Waals surface area contributed by atoms with Crippen molar-refractivity contribution in [1.29, 1.82) is 0 Å². The molecule has 3 rings (SSSR count). The molecule has 116 valence electrons. The number of carbonyl (C=O) groups is 2. The SMILES string of the molecule is CNC(=O)c1cnn([C@H]2CCN(C(=O)c3ccn(C)n3)C2)c1. The van der Waals surface area contributed by atoms with Crippen LogP contribution in [0.5, 0.6) is 0 Å². The van der Waals surface area contributed by atoms with Gasteiger partial charge in [-0.05, 0) is 12.5 Å². The quantitative estimate of drug-likeness (QED) is 0.869. The first-order valence-corrected chi connectivity index (χ1v) is 7.13. The Balaban J connectivity index is 1.68. The van der Waals surface area contributed by atoms with Gasteiger partial charge >= 0.3 is 0 Å². The van der Waals surface area contributed by atoms with E-state index in [0.717, 1.165) is 6.42 Å². The van der Waals surface area contributed by atoms with Crippen LogP contribution >= 0.6 is 0 Å². The fourth-order valence-electron chi connectivity index (χ4n) is 2.63. The molecule has 2 amide bonds. The van der Waals surface area contributed by atoms with Crippen molar-refractivity contribution in [2.24, 2.45) is 7.05 Å². The zero-order valence-corrected chi connectivity index (χ0v) is 12.6. The maximum absolute atomic E-state index is 12.4. The number of likely N-dealkylation sites (tertiary alicyclic amines) is 1. The highest BCUT2D eigenvalue weighted by atomic mass is 16.2. The first-order chi connectivity index (χ1) is 10.6. The normalized spacial score (nSPS) is 17.7. The summed E-state index contributed by atoms with van der Waals surface area (Å²) in [6.07, 6.45) is 5.83. The number of hydrogen-bond acceptors (Lipinski definition) is 4. The summed E-state index contributed by atoms with van der Waals surface area (Å²) in [5.74, 6) is -0.229. The zero-order chi connectivity index (χ0) is 15.7. The van der Waals surface area contributed by atoms with Gasteiger partial charge in [-0.15, -0.1) is 0 Å². The van der Waals surface area contributed by atoms with E-state index in [-0.39, 0.29) is 17.9 Å². The van der Waals surface area contributed by atoms with E-state index in [4.69, 9.17) is 0 Å². The van der Waals surface area contributed by atoms with Gasteiger partial charge in [0.25, 0.3) is 11.8 Å². The van der Waals surface area contributed by atoms with E-state index in [2.05, 4.69) is 15.5 Å². The van der Waals surface area contributed by atoms with Gasteiger partial charge in [-0.1, -0.05) is 0 Å². The molecule has 8 heteroatoms. The molecule has 8 nitrogen and oxygen atoms in total. The Kier molecular flexibility index (Phi) is 3.66. The molecule has 0 radical (unpaired) electrons. The van der Waals surface area contributed by atoms with Gasteiger partial charge in [0.1, 0.15) is 5.69 Å². The minimum Gasteiger partial charge on any atom is -0.355 e. The molecule has 1 atom stereocenters. The Morgan fingerprint density at radius 2 is 2.23 bits per heavy atom. The molecule has 3 heterocycles. The van der Waals surface area contributed by atoms with Crippen LogP contribution < -0.4 is 5.32 Å². The summed E-state index contributed by atoms with van der Waals surface area (Å²) in [4.78, 5) is 25.7. The lowest BCUT2D eigenvalue weighted by Crippen LogP contribution is -2.29. The van der Waals surface area contributed by atoms with Gasteiger partial charge < -0.3 is 10.2 Å². The lowest BCUT2D eigenvalue weighted by molar-refractivity contribution is 0.0780. The predicted molar refractivity (Wildman–Crippen MR) is 78.4 cm³/mol. The van der Waals surface area contributed by atoms with E-state index in [0.29, 0.717) is 24.3 Å². The number of carbonyl (C=O) groups excluding carboxylic acids is 2. The average molecular weight is 302 g/mol. The average Bonchev–Trinajstić information content (AvgIpc) is 3.24. The van der Waals surface area contributed by atoms with Crippen molar-refractivity contribution in [3.63, 3.8) is 0 Å². The van der Waals surface area contributed by atoms with Crippen molar-refractivity contribution >= 4 is 11.8 Å². The lowest BCUT2D eigenvalue weighted by Gasteiger charge is -2.15. The molecule has 2 aromatic heterocycles. The summed E-state index contributed by atoms with van der Waals surface area (Å²) in [7, 11) is 3.37. The van der Waals surface area contributed by atoms with Crippen LogP contribution in [-0.2, 0) is 7.05 Å². The maximum Gasteiger partial charge on any atom is 0.274 e. The number of rotatable bonds is 3. The Bertz CT molecular complexity index is 704. The number of nitrogens with zero attached hydrogens (tertiary/aromatic N) is 5. The second kappa shape index (κ2) is 5.63. The van der Waals surface area contributed by atoms with Gasteiger partial charge in [-0.2, -0.15) is 10.2 Å². The summed E-state index contributed by atoms with van der Waals surface area (Å²) >= 11 is 0. The van der Waals surface area contributed by atoms with Crippen molar-refractivity contribution in [3.8, 4) is 0 Å². The van der Waals surface area contributed by atoms with Crippen LogP contribution in [0.15, 0.2) is 24.7 Å². The number of aryl methyl sites for hydroxylation is 1. The molecule has 0 saturated carbocycles. The van der Waals surface area contributed by atoms with E-state index in [1.54, 1.807) is 53.0 Å². The fourth-order valence-corrected chi connectivity index (χ4v) is 2.63. The van der Waals surface area contributed by atoms with Gasteiger partial charge in [0.05, 0.1) is 17.8 Å². The van der Waals surface area contributed by atoms with Gasteiger partial charge in [0.2, 0.25) is 0 Å². The minimum absolute atomic E-state index is 0.0678. The summed E-state index contributed by atoms with van der Waals surface area (Å²) < 4.78 is 3.38. The number of aromatic nitrogens is 4. The third-order valence-electron chi connectivity index (χ3n) is 3.85. The van der Waals surface area contributed by atoms with Crippen LogP contribution in [-0.4, -0.2) is 56.4 Å². The number of hydrogen-bond donors (Lipinski definition) is 1. The Morgan fingerprint density at radius 1 is 1.41 bits per heavy atom. The molecule has 2 aromatic rings. The number of amides is 2. The third kappa shape index (κ3) is 2.59. The van der Waals surface area contributed by atoms with Crippen molar-refractivity contribution in [3.05, 3.63) is 35.9 Å². The third-order valence-corrected chi connectivity index (χ3v) is 3.85. The molecular weight excluding hydrogens is 284 g/mol. The first kappa shape index (κ1) is 14.3. The fraction of sp³-hybridized carbons (Fsp3) is 0.429. The van der Waals surface area contributed by atoms with Gasteiger partial charge in [-0.25, -0.2) is 0 Å². The smallest absolute Gasteiger partial charge is 0.274 e. The number of nitrogens with one attached hydrogen (secondary N) is 1. The highest BCUT2D eigenvalue weighted by Gasteiger charge is 2.29. The van der Waals surface area contributed by atoms with Crippen LogP contribution in [0.3, 0.4) is 0 Å². The molecule has 0 spiro atoms. The van der Waals surface area contributed by atoms with Crippen LogP contribution in [0, 0.1) is 0 Å². The standard InChI is InChI=1S/C14H18N6O2/c1-15-13(21)10-7-16-20(8-10)11-3-6-19(9-11)14(22)12-4-5-18(2)17-12/h4-5,7-8,11H,3,6,9H2,1-2H3,(H,15,21)/t11-/m0/s1. The topological polar surface area (TPSA) is 85.0 Å². The monoisotopic (exact) mass is 302 g/mol. The minimum atomic E-state index is -0.161. The Morgan fingerprint density at radius 3 is 2.91 bits per heavy atom. The van der Waals surface area contributed by atoms with E-state index in [1.165, 1.54) is 0 Å². The van der Waals surface area contributed by atoms with Crippen molar-refractivity contribution in [2.45, 2.75) is 12.5 Å². The van der Waals surface area contributed by atoms with E-state index >= 15 is 0 Å². The molecule has 1 saturated heterocycles. The highest BCUT2D eigenvalue weighted by Crippen LogP contribution is 2.22. The highest BCUT2D eigenvalue weighted by molar-refractivity contribution is 5.93. The second-order valence-corrected chi connectivity index (χ2v) is 5.36. The van der Waals surface area contributed by atoms with Gasteiger partial charge in [-0.3, -0.25) is 19.0 Å². The summed E-state index contributed by atoms with van der Waals surface area (Å²) in [5.41, 5.74) is 0.978. The van der Waals surface area contributed by atoms with E-state index < -0.39 is 0 Å². The molecule has 1 N–H and O–H groups in total. The molecule has 1 fully saturated rings. The molecule has 0 unspecified atom stereocenters. The Hall–Kier alpha value is -2.64.